The maximum Gasteiger partial charge on any atom is 0.257 e. The summed E-state index contributed by atoms with van der Waals surface area (Å²) in [6, 6.07) is 21.9. The van der Waals surface area contributed by atoms with Crippen LogP contribution in [0, 0.1) is 0 Å². The number of halogens is 1. The molecule has 0 N–H and O–H groups in total. The molecule has 168 valence electrons. The van der Waals surface area contributed by atoms with Gasteiger partial charge in [0.2, 0.25) is 5.91 Å². The zero-order chi connectivity index (χ0) is 23.4. The average molecular weight is 463 g/mol. The first kappa shape index (κ1) is 22.6. The summed E-state index contributed by atoms with van der Waals surface area (Å²) >= 11 is 5.98. The van der Waals surface area contributed by atoms with Crippen LogP contribution in [-0.2, 0) is 16.0 Å². The van der Waals surface area contributed by atoms with Crippen molar-refractivity contribution in [1.82, 2.24) is 4.90 Å². The van der Waals surface area contributed by atoms with Crippen molar-refractivity contribution >= 4 is 35.0 Å². The van der Waals surface area contributed by atoms with E-state index >= 15 is 0 Å². The predicted molar refractivity (Wildman–Crippen MR) is 127 cm³/mol. The molecule has 0 aliphatic carbocycles. The largest absolute Gasteiger partial charge is 0.497 e. The van der Waals surface area contributed by atoms with Gasteiger partial charge in [0.25, 0.3) is 11.8 Å². The Kier molecular flexibility index (Phi) is 6.75. The van der Waals surface area contributed by atoms with Crippen LogP contribution in [0.5, 0.6) is 5.75 Å². The molecule has 0 radical (unpaired) electrons. The number of amides is 3. The number of benzene rings is 3. The van der Waals surface area contributed by atoms with Gasteiger partial charge in [-0.1, -0.05) is 41.9 Å². The normalized spacial score (nSPS) is 15.6. The van der Waals surface area contributed by atoms with E-state index in [1.54, 1.807) is 55.6 Å². The highest BCUT2D eigenvalue weighted by Gasteiger charge is 2.44. The second kappa shape index (κ2) is 9.88. The van der Waals surface area contributed by atoms with E-state index in [0.717, 1.165) is 11.3 Å². The fourth-order valence-electron chi connectivity index (χ4n) is 3.91. The molecule has 6 nitrogen and oxygen atoms in total. The van der Waals surface area contributed by atoms with E-state index in [9.17, 15) is 14.4 Å². The van der Waals surface area contributed by atoms with E-state index < -0.39 is 11.9 Å². The van der Waals surface area contributed by atoms with Crippen molar-refractivity contribution in [2.45, 2.75) is 18.9 Å². The van der Waals surface area contributed by atoms with Gasteiger partial charge in [0.05, 0.1) is 19.2 Å². The lowest BCUT2D eigenvalue weighted by atomic mass is 10.1. The molecule has 1 unspecified atom stereocenters. The maximum absolute atomic E-state index is 13.4. The summed E-state index contributed by atoms with van der Waals surface area (Å²) in [6.45, 7) is 0.278. The number of hydrogen-bond acceptors (Lipinski definition) is 4. The van der Waals surface area contributed by atoms with Crippen molar-refractivity contribution in [1.29, 1.82) is 0 Å². The lowest BCUT2D eigenvalue weighted by Crippen LogP contribution is -2.46. The summed E-state index contributed by atoms with van der Waals surface area (Å²) in [4.78, 5) is 42.2. The molecular formula is C26H23ClN2O4. The van der Waals surface area contributed by atoms with E-state index in [-0.39, 0.29) is 24.8 Å². The highest BCUT2D eigenvalue weighted by atomic mass is 35.5. The molecule has 1 saturated heterocycles. The van der Waals surface area contributed by atoms with Gasteiger partial charge < -0.3 is 9.64 Å². The van der Waals surface area contributed by atoms with Crippen LogP contribution in [-0.4, -0.2) is 42.3 Å². The van der Waals surface area contributed by atoms with Crippen LogP contribution in [0.15, 0.2) is 78.9 Å². The summed E-state index contributed by atoms with van der Waals surface area (Å²) < 4.78 is 5.20. The first-order chi connectivity index (χ1) is 16.0. The molecule has 3 amide bonds. The Balaban J connectivity index is 1.61. The lowest BCUT2D eigenvalue weighted by Gasteiger charge is -2.28. The third-order valence-electron chi connectivity index (χ3n) is 5.67. The molecule has 3 aromatic carbocycles. The van der Waals surface area contributed by atoms with Gasteiger partial charge >= 0.3 is 0 Å². The van der Waals surface area contributed by atoms with Crippen molar-refractivity contribution < 1.29 is 19.1 Å². The van der Waals surface area contributed by atoms with E-state index in [1.807, 2.05) is 30.3 Å². The SMILES string of the molecule is COc1ccc(CCN(C(=O)c2ccc(Cl)cc2)C2CC(=O)N(c3ccccc3)C2=O)cc1. The number of para-hydroxylation sites is 1. The Hall–Kier alpha value is -3.64. The highest BCUT2D eigenvalue weighted by molar-refractivity contribution is 6.30. The fraction of sp³-hybridized carbons (Fsp3) is 0.192. The molecule has 1 aliphatic heterocycles. The summed E-state index contributed by atoms with van der Waals surface area (Å²) in [5.74, 6) is -0.304. The molecule has 0 aromatic heterocycles. The molecule has 0 saturated carbocycles. The lowest BCUT2D eigenvalue weighted by molar-refractivity contribution is -0.122. The topological polar surface area (TPSA) is 66.9 Å². The Bertz CT molecular complexity index is 1150. The van der Waals surface area contributed by atoms with Crippen LogP contribution in [0.3, 0.4) is 0 Å². The van der Waals surface area contributed by atoms with Gasteiger partial charge in [0.1, 0.15) is 11.8 Å². The van der Waals surface area contributed by atoms with E-state index in [4.69, 9.17) is 16.3 Å². The fourth-order valence-corrected chi connectivity index (χ4v) is 4.03. The molecule has 33 heavy (non-hydrogen) atoms. The average Bonchev–Trinajstić information content (AvgIpc) is 3.14. The van der Waals surface area contributed by atoms with E-state index in [2.05, 4.69) is 0 Å². The third-order valence-corrected chi connectivity index (χ3v) is 5.92. The van der Waals surface area contributed by atoms with Crippen LogP contribution >= 0.6 is 11.6 Å². The second-order valence-corrected chi connectivity index (χ2v) is 8.16. The van der Waals surface area contributed by atoms with E-state index in [1.165, 1.54) is 9.80 Å². The number of carbonyl (C=O) groups excluding carboxylic acids is 3. The second-order valence-electron chi connectivity index (χ2n) is 7.73. The molecule has 0 bridgehead atoms. The molecule has 4 rings (SSSR count). The molecular weight excluding hydrogens is 440 g/mol. The molecule has 3 aromatic rings. The van der Waals surface area contributed by atoms with Gasteiger partial charge in [-0.25, -0.2) is 4.90 Å². The van der Waals surface area contributed by atoms with Crippen LogP contribution in [0.25, 0.3) is 0 Å². The molecule has 1 fully saturated rings. The van der Waals surface area contributed by atoms with Gasteiger partial charge in [0, 0.05) is 17.1 Å². The number of hydrogen-bond donors (Lipinski definition) is 0. The zero-order valence-corrected chi connectivity index (χ0v) is 18.9. The van der Waals surface area contributed by atoms with Gasteiger partial charge in [-0.15, -0.1) is 0 Å². The monoisotopic (exact) mass is 462 g/mol. The quantitative estimate of drug-likeness (QED) is 0.489. The summed E-state index contributed by atoms with van der Waals surface area (Å²) in [5.41, 5.74) is 1.90. The number of carbonyl (C=O) groups is 3. The van der Waals surface area contributed by atoms with E-state index in [0.29, 0.717) is 22.7 Å². The minimum absolute atomic E-state index is 0.0599. The van der Waals surface area contributed by atoms with Crippen molar-refractivity contribution in [3.63, 3.8) is 0 Å². The number of methoxy groups -OCH3 is 1. The first-order valence-corrected chi connectivity index (χ1v) is 11.0. The minimum Gasteiger partial charge on any atom is -0.497 e. The van der Waals surface area contributed by atoms with Crippen molar-refractivity contribution in [3.05, 3.63) is 95.0 Å². The molecule has 1 heterocycles. The number of rotatable bonds is 7. The molecule has 1 aliphatic rings. The van der Waals surface area contributed by atoms with Crippen molar-refractivity contribution in [3.8, 4) is 5.75 Å². The van der Waals surface area contributed by atoms with Crippen LogP contribution in [0.1, 0.15) is 22.3 Å². The standard InChI is InChI=1S/C26H23ClN2O4/c1-33-22-13-7-18(8-14-22)15-16-28(25(31)19-9-11-20(27)12-10-19)23-17-24(30)29(26(23)32)21-5-3-2-4-6-21/h2-14,23H,15-17H2,1H3. The maximum atomic E-state index is 13.4. The smallest absolute Gasteiger partial charge is 0.257 e. The van der Waals surface area contributed by atoms with Crippen molar-refractivity contribution in [2.75, 3.05) is 18.6 Å². The number of nitrogens with zero attached hydrogens (tertiary/aromatic N) is 2. The van der Waals surface area contributed by atoms with Crippen LogP contribution in [0.2, 0.25) is 5.02 Å². The molecule has 1 atom stereocenters. The first-order valence-electron chi connectivity index (χ1n) is 10.6. The number of anilines is 1. The van der Waals surface area contributed by atoms with Gasteiger partial charge in [-0.3, -0.25) is 14.4 Å². The summed E-state index contributed by atoms with van der Waals surface area (Å²) in [7, 11) is 1.60. The van der Waals surface area contributed by atoms with Crippen LogP contribution in [0.4, 0.5) is 5.69 Å². The van der Waals surface area contributed by atoms with Crippen LogP contribution < -0.4 is 9.64 Å². The molecule has 0 spiro atoms. The highest BCUT2D eigenvalue weighted by Crippen LogP contribution is 2.27. The van der Waals surface area contributed by atoms with Gasteiger partial charge in [-0.2, -0.15) is 0 Å². The molecule has 7 heteroatoms. The van der Waals surface area contributed by atoms with Gasteiger partial charge in [0.15, 0.2) is 0 Å². The Labute approximate surface area is 197 Å². The summed E-state index contributed by atoms with van der Waals surface area (Å²) in [5, 5.41) is 0.513. The zero-order valence-electron chi connectivity index (χ0n) is 18.1. The Morgan fingerprint density at radius 1 is 1.00 bits per heavy atom. The van der Waals surface area contributed by atoms with Gasteiger partial charge in [-0.05, 0) is 60.5 Å². The minimum atomic E-state index is -0.876. The van der Waals surface area contributed by atoms with Crippen molar-refractivity contribution in [2.24, 2.45) is 0 Å². The third kappa shape index (κ3) is 4.91. The number of imide groups is 1. The predicted octanol–water partition coefficient (Wildman–Crippen LogP) is 4.37. The summed E-state index contributed by atoms with van der Waals surface area (Å²) in [6.07, 6.45) is 0.461. The number of ether oxygens (including phenoxy) is 1. The Morgan fingerprint density at radius 3 is 2.30 bits per heavy atom. The Morgan fingerprint density at radius 2 is 1.67 bits per heavy atom.